The van der Waals surface area contributed by atoms with E-state index in [-0.39, 0.29) is 23.8 Å². The van der Waals surface area contributed by atoms with Gasteiger partial charge in [-0.1, -0.05) is 31.1 Å². The second kappa shape index (κ2) is 7.56. The van der Waals surface area contributed by atoms with Gasteiger partial charge < -0.3 is 14.4 Å². The third-order valence-electron chi connectivity index (χ3n) is 4.35. The predicted molar refractivity (Wildman–Crippen MR) is 98.9 cm³/mol. The number of aryl methyl sites for hydroxylation is 1. The first-order valence-electron chi connectivity index (χ1n) is 8.58. The number of nitrogens with one attached hydrogen (secondary N) is 1. The van der Waals surface area contributed by atoms with Crippen LogP contribution < -0.4 is 10.9 Å². The van der Waals surface area contributed by atoms with Gasteiger partial charge in [0, 0.05) is 35.1 Å². The van der Waals surface area contributed by atoms with Gasteiger partial charge in [0.05, 0.1) is 12.2 Å². The van der Waals surface area contributed by atoms with Crippen molar-refractivity contribution in [2.24, 2.45) is 0 Å². The highest BCUT2D eigenvalue weighted by Gasteiger charge is 2.14. The highest BCUT2D eigenvalue weighted by molar-refractivity contribution is 5.52. The molecule has 1 N–H and O–H groups in total. The number of aromatic nitrogens is 2. The lowest BCUT2D eigenvalue weighted by Crippen LogP contribution is -2.22. The minimum Gasteiger partial charge on any atom is -0.380 e. The van der Waals surface area contributed by atoms with Gasteiger partial charge in [-0.05, 0) is 31.0 Å². The second-order valence-electron chi connectivity index (χ2n) is 6.62. The molecular formula is C20H22FN3O2. The molecular weight excluding hydrogens is 333 g/mol. The van der Waals surface area contributed by atoms with Crippen LogP contribution in [-0.4, -0.2) is 9.72 Å². The molecule has 0 aliphatic carbocycles. The Balaban J connectivity index is 1.87. The SMILES string of the molecule is Cc1cccn(Cc2c(F)cccc2NCc2conc2C(C)C)c1=O. The zero-order chi connectivity index (χ0) is 18.7. The molecule has 0 saturated carbocycles. The summed E-state index contributed by atoms with van der Waals surface area (Å²) in [6, 6.07) is 8.40. The van der Waals surface area contributed by atoms with E-state index in [1.165, 1.54) is 10.6 Å². The maximum atomic E-state index is 14.5. The zero-order valence-electron chi connectivity index (χ0n) is 15.1. The Labute approximate surface area is 151 Å². The molecule has 0 aliphatic heterocycles. The van der Waals surface area contributed by atoms with Crippen molar-refractivity contribution in [2.45, 2.75) is 39.8 Å². The Morgan fingerprint density at radius 3 is 2.85 bits per heavy atom. The van der Waals surface area contributed by atoms with Gasteiger partial charge >= 0.3 is 0 Å². The largest absolute Gasteiger partial charge is 0.380 e. The molecule has 2 aromatic heterocycles. The Morgan fingerprint density at radius 1 is 1.27 bits per heavy atom. The lowest BCUT2D eigenvalue weighted by atomic mass is 10.1. The van der Waals surface area contributed by atoms with Crippen LogP contribution in [0, 0.1) is 12.7 Å². The first-order valence-corrected chi connectivity index (χ1v) is 8.58. The molecule has 1 aromatic carbocycles. The molecule has 5 nitrogen and oxygen atoms in total. The number of hydrogen-bond donors (Lipinski definition) is 1. The molecule has 6 heteroatoms. The van der Waals surface area contributed by atoms with Crippen LogP contribution in [0.4, 0.5) is 10.1 Å². The van der Waals surface area contributed by atoms with Gasteiger partial charge in [0.2, 0.25) is 0 Å². The summed E-state index contributed by atoms with van der Waals surface area (Å²) >= 11 is 0. The van der Waals surface area contributed by atoms with Crippen molar-refractivity contribution in [3.63, 3.8) is 0 Å². The fraction of sp³-hybridized carbons (Fsp3) is 0.300. The zero-order valence-corrected chi connectivity index (χ0v) is 15.1. The molecule has 0 radical (unpaired) electrons. The van der Waals surface area contributed by atoms with Crippen molar-refractivity contribution in [3.8, 4) is 0 Å². The van der Waals surface area contributed by atoms with Gasteiger partial charge in [-0.3, -0.25) is 4.79 Å². The van der Waals surface area contributed by atoms with Gasteiger partial charge in [0.15, 0.2) is 0 Å². The van der Waals surface area contributed by atoms with Crippen molar-refractivity contribution in [1.29, 1.82) is 0 Å². The van der Waals surface area contributed by atoms with Crippen molar-refractivity contribution < 1.29 is 8.91 Å². The molecule has 0 aliphatic rings. The average molecular weight is 355 g/mol. The first kappa shape index (κ1) is 17.9. The highest BCUT2D eigenvalue weighted by Crippen LogP contribution is 2.23. The topological polar surface area (TPSA) is 60.1 Å². The molecule has 3 rings (SSSR count). The van der Waals surface area contributed by atoms with E-state index in [0.29, 0.717) is 23.4 Å². The van der Waals surface area contributed by atoms with Gasteiger partial charge in [0.1, 0.15) is 12.1 Å². The molecule has 0 unspecified atom stereocenters. The van der Waals surface area contributed by atoms with E-state index in [2.05, 4.69) is 10.5 Å². The van der Waals surface area contributed by atoms with Crippen LogP contribution >= 0.6 is 0 Å². The third-order valence-corrected chi connectivity index (χ3v) is 4.35. The summed E-state index contributed by atoms with van der Waals surface area (Å²) in [5.74, 6) is -0.110. The minimum atomic E-state index is -0.349. The summed E-state index contributed by atoms with van der Waals surface area (Å²) in [7, 11) is 0. The number of rotatable bonds is 6. The maximum Gasteiger partial charge on any atom is 0.253 e. The van der Waals surface area contributed by atoms with E-state index >= 15 is 0 Å². The van der Waals surface area contributed by atoms with Crippen LogP contribution in [0.3, 0.4) is 0 Å². The standard InChI is InChI=1S/C20H22FN3O2/c1-13(2)19-15(12-26-23-19)10-22-18-8-4-7-17(21)16(18)11-24-9-5-6-14(3)20(24)25/h4-9,12-13,22H,10-11H2,1-3H3. The van der Waals surface area contributed by atoms with E-state index in [0.717, 1.165) is 11.3 Å². The lowest BCUT2D eigenvalue weighted by Gasteiger charge is -2.15. The van der Waals surface area contributed by atoms with E-state index in [1.807, 2.05) is 19.9 Å². The fourth-order valence-corrected chi connectivity index (χ4v) is 2.90. The fourth-order valence-electron chi connectivity index (χ4n) is 2.90. The van der Waals surface area contributed by atoms with Crippen molar-refractivity contribution in [1.82, 2.24) is 9.72 Å². The third kappa shape index (κ3) is 3.69. The van der Waals surface area contributed by atoms with Crippen LogP contribution in [0.15, 0.2) is 52.1 Å². The normalized spacial score (nSPS) is 11.1. The van der Waals surface area contributed by atoms with E-state index in [9.17, 15) is 9.18 Å². The molecule has 0 saturated heterocycles. The first-order chi connectivity index (χ1) is 12.5. The van der Waals surface area contributed by atoms with Crippen LogP contribution in [0.1, 0.15) is 42.1 Å². The van der Waals surface area contributed by atoms with Crippen molar-refractivity contribution in [2.75, 3.05) is 5.32 Å². The van der Waals surface area contributed by atoms with Crippen LogP contribution in [-0.2, 0) is 13.1 Å². The number of hydrogen-bond acceptors (Lipinski definition) is 4. The smallest absolute Gasteiger partial charge is 0.253 e. The molecule has 0 atom stereocenters. The molecule has 3 aromatic rings. The van der Waals surface area contributed by atoms with Crippen LogP contribution in [0.5, 0.6) is 0 Å². The van der Waals surface area contributed by atoms with E-state index in [4.69, 9.17) is 4.52 Å². The van der Waals surface area contributed by atoms with Crippen LogP contribution in [0.25, 0.3) is 0 Å². The van der Waals surface area contributed by atoms with Crippen molar-refractivity contribution >= 4 is 5.69 Å². The summed E-state index contributed by atoms with van der Waals surface area (Å²) in [4.78, 5) is 12.3. The Kier molecular flexibility index (Phi) is 5.21. The molecule has 0 fully saturated rings. The quantitative estimate of drug-likeness (QED) is 0.724. The molecule has 26 heavy (non-hydrogen) atoms. The van der Waals surface area contributed by atoms with Gasteiger partial charge in [-0.15, -0.1) is 0 Å². The monoisotopic (exact) mass is 355 g/mol. The molecule has 0 bridgehead atoms. The van der Waals surface area contributed by atoms with E-state index < -0.39 is 0 Å². The summed E-state index contributed by atoms with van der Waals surface area (Å²) in [6.07, 6.45) is 3.27. The van der Waals surface area contributed by atoms with Crippen LogP contribution in [0.2, 0.25) is 0 Å². The Morgan fingerprint density at radius 2 is 2.08 bits per heavy atom. The Bertz CT molecular complexity index is 960. The lowest BCUT2D eigenvalue weighted by molar-refractivity contribution is 0.408. The predicted octanol–water partition coefficient (Wildman–Crippen LogP) is 4.07. The molecule has 2 heterocycles. The maximum absolute atomic E-state index is 14.5. The number of benzene rings is 1. The average Bonchev–Trinajstić information content (AvgIpc) is 3.08. The summed E-state index contributed by atoms with van der Waals surface area (Å²) in [5.41, 5.74) is 3.41. The number of anilines is 1. The van der Waals surface area contributed by atoms with Gasteiger partial charge in [-0.2, -0.15) is 0 Å². The molecule has 0 amide bonds. The minimum absolute atomic E-state index is 0.122. The molecule has 0 spiro atoms. The summed E-state index contributed by atoms with van der Waals surface area (Å²) in [5, 5.41) is 7.27. The molecule has 136 valence electrons. The van der Waals surface area contributed by atoms with E-state index in [1.54, 1.807) is 37.6 Å². The second-order valence-corrected chi connectivity index (χ2v) is 6.62. The highest BCUT2D eigenvalue weighted by atomic mass is 19.1. The number of halogens is 1. The van der Waals surface area contributed by atoms with Gasteiger partial charge in [0.25, 0.3) is 5.56 Å². The summed E-state index contributed by atoms with van der Waals surface area (Å²) < 4.78 is 21.0. The number of nitrogens with zero attached hydrogens (tertiary/aromatic N) is 2. The van der Waals surface area contributed by atoms with Gasteiger partial charge in [-0.25, -0.2) is 4.39 Å². The Hall–Kier alpha value is -2.89. The summed E-state index contributed by atoms with van der Waals surface area (Å²) in [6.45, 7) is 6.46. The number of pyridine rings is 1. The van der Waals surface area contributed by atoms with Crippen molar-refractivity contribution in [3.05, 3.63) is 81.3 Å².